The van der Waals surface area contributed by atoms with E-state index in [2.05, 4.69) is 11.8 Å². The zero-order valence-electron chi connectivity index (χ0n) is 28.5. The van der Waals surface area contributed by atoms with E-state index in [1.807, 2.05) is 58.0 Å². The van der Waals surface area contributed by atoms with Crippen molar-refractivity contribution in [3.63, 3.8) is 0 Å². The van der Waals surface area contributed by atoms with Crippen LogP contribution in [0.1, 0.15) is 57.9 Å². The number of aliphatic hydroxyl groups excluding tert-OH is 1. The second kappa shape index (κ2) is 14.6. The van der Waals surface area contributed by atoms with Gasteiger partial charge >= 0.3 is 5.97 Å². The molecule has 11 nitrogen and oxygen atoms in total. The highest BCUT2D eigenvalue weighted by atomic mass is 19.1. The fourth-order valence-corrected chi connectivity index (χ4v) is 6.00. The maximum Gasteiger partial charge on any atom is 0.339 e. The zero-order valence-corrected chi connectivity index (χ0v) is 28.5. The van der Waals surface area contributed by atoms with E-state index in [0.29, 0.717) is 78.7 Å². The van der Waals surface area contributed by atoms with Crippen LogP contribution in [0.25, 0.3) is 28.0 Å². The molecule has 0 radical (unpaired) electrons. The van der Waals surface area contributed by atoms with Crippen molar-refractivity contribution < 1.29 is 38.3 Å². The molecule has 0 spiro atoms. The molecule has 5 rings (SSSR count). The van der Waals surface area contributed by atoms with E-state index < -0.39 is 23.5 Å². The third-order valence-electron chi connectivity index (χ3n) is 8.42. The van der Waals surface area contributed by atoms with Crippen molar-refractivity contribution in [3.05, 3.63) is 65.6 Å². The SMILES string of the molecule is COC(=O)C(OC(C)(C)C)c1c(C)nc2cc(-c3cccc(-c4ccc(F)cc4O)c3)nn2c1N1CCC(C)(OCCOCCO)CC1. The van der Waals surface area contributed by atoms with E-state index in [0.717, 1.165) is 11.6 Å². The number of rotatable bonds is 12. The van der Waals surface area contributed by atoms with Crippen LogP contribution in [-0.4, -0.2) is 88.6 Å². The highest BCUT2D eigenvalue weighted by Crippen LogP contribution is 2.39. The Balaban J connectivity index is 1.58. The molecule has 1 aliphatic rings. The summed E-state index contributed by atoms with van der Waals surface area (Å²) in [6, 6.07) is 13.3. The summed E-state index contributed by atoms with van der Waals surface area (Å²) in [6.45, 7) is 11.9. The number of hydrogen-bond acceptors (Lipinski definition) is 10. The zero-order chi connectivity index (χ0) is 34.6. The number of halogens is 1. The number of carbonyl (C=O) groups excluding carboxylic acids is 1. The number of aryl methyl sites for hydroxylation is 1. The van der Waals surface area contributed by atoms with Crippen LogP contribution in [-0.2, 0) is 23.7 Å². The topological polar surface area (TPSA) is 128 Å². The molecule has 0 saturated carbocycles. The van der Waals surface area contributed by atoms with Crippen molar-refractivity contribution in [1.29, 1.82) is 0 Å². The lowest BCUT2D eigenvalue weighted by molar-refractivity contribution is -0.164. The first kappa shape index (κ1) is 35.2. The minimum Gasteiger partial charge on any atom is -0.507 e. The standard InChI is InChI=1S/C36H45FN4O7/c1-23-31(32(34(44)45-6)48-35(2,3)4)33(40-14-12-36(5,13-15-40)47-19-18-46-17-16-42)41-30(38-23)22-28(39-41)25-9-7-8-24(20-25)27-11-10-26(37)21-29(27)43/h7-11,20-22,32,42-43H,12-19H2,1-6H3. The predicted molar refractivity (Wildman–Crippen MR) is 180 cm³/mol. The summed E-state index contributed by atoms with van der Waals surface area (Å²) in [6.07, 6.45) is 0.346. The molecule has 2 N–H and O–H groups in total. The first-order chi connectivity index (χ1) is 22.8. The Labute approximate surface area is 280 Å². The summed E-state index contributed by atoms with van der Waals surface area (Å²) in [4.78, 5) is 20.4. The number of ether oxygens (including phenoxy) is 4. The second-order valence-corrected chi connectivity index (χ2v) is 13.2. The fourth-order valence-electron chi connectivity index (χ4n) is 6.00. The van der Waals surface area contributed by atoms with Gasteiger partial charge in [-0.15, -0.1) is 0 Å². The predicted octanol–water partition coefficient (Wildman–Crippen LogP) is 5.63. The van der Waals surface area contributed by atoms with Gasteiger partial charge in [-0.05, 0) is 71.2 Å². The average molecular weight is 665 g/mol. The third-order valence-corrected chi connectivity index (χ3v) is 8.42. The Morgan fingerprint density at radius 3 is 2.46 bits per heavy atom. The molecular weight excluding hydrogens is 619 g/mol. The average Bonchev–Trinajstić information content (AvgIpc) is 3.46. The molecule has 0 aliphatic carbocycles. The summed E-state index contributed by atoms with van der Waals surface area (Å²) < 4.78 is 38.7. The molecule has 48 heavy (non-hydrogen) atoms. The second-order valence-electron chi connectivity index (χ2n) is 13.2. The number of fused-ring (bicyclic) bond motifs is 1. The van der Waals surface area contributed by atoms with Crippen LogP contribution < -0.4 is 4.90 Å². The largest absolute Gasteiger partial charge is 0.507 e. The minimum absolute atomic E-state index is 0.0295. The number of piperidine rings is 1. The summed E-state index contributed by atoms with van der Waals surface area (Å²) >= 11 is 0. The van der Waals surface area contributed by atoms with Crippen molar-refractivity contribution in [3.8, 4) is 28.1 Å². The Kier molecular flexibility index (Phi) is 10.7. The van der Waals surface area contributed by atoms with Gasteiger partial charge in [-0.2, -0.15) is 9.61 Å². The molecule has 4 aromatic rings. The van der Waals surface area contributed by atoms with Crippen molar-refractivity contribution >= 4 is 17.4 Å². The van der Waals surface area contributed by atoms with Gasteiger partial charge in [-0.25, -0.2) is 14.2 Å². The monoisotopic (exact) mass is 664 g/mol. The van der Waals surface area contributed by atoms with Crippen LogP contribution in [0, 0.1) is 12.7 Å². The number of benzene rings is 2. The molecule has 3 heterocycles. The molecule has 1 saturated heterocycles. The highest BCUT2D eigenvalue weighted by Gasteiger charge is 2.38. The molecule has 258 valence electrons. The van der Waals surface area contributed by atoms with Gasteiger partial charge in [0.05, 0.1) is 56.0 Å². The fraction of sp³-hybridized carbons (Fsp3) is 0.472. The number of anilines is 1. The lowest BCUT2D eigenvalue weighted by Gasteiger charge is -2.41. The Bertz CT molecular complexity index is 1740. The molecule has 0 amide bonds. The molecule has 2 aromatic carbocycles. The van der Waals surface area contributed by atoms with Gasteiger partial charge in [0, 0.05) is 42.0 Å². The number of aliphatic hydroxyl groups is 1. The van der Waals surface area contributed by atoms with Gasteiger partial charge in [0.15, 0.2) is 11.8 Å². The summed E-state index contributed by atoms with van der Waals surface area (Å²) in [5, 5.41) is 24.4. The van der Waals surface area contributed by atoms with E-state index >= 15 is 0 Å². The van der Waals surface area contributed by atoms with Crippen molar-refractivity contribution in [2.45, 2.75) is 64.8 Å². The van der Waals surface area contributed by atoms with Gasteiger partial charge in [0.25, 0.3) is 0 Å². The van der Waals surface area contributed by atoms with Gasteiger partial charge in [0.2, 0.25) is 0 Å². The van der Waals surface area contributed by atoms with Gasteiger partial charge in [0.1, 0.15) is 17.4 Å². The first-order valence-electron chi connectivity index (χ1n) is 16.2. The summed E-state index contributed by atoms with van der Waals surface area (Å²) in [5.74, 6) is -0.528. The Morgan fingerprint density at radius 1 is 1.06 bits per heavy atom. The van der Waals surface area contributed by atoms with Crippen LogP contribution in [0.5, 0.6) is 5.75 Å². The maximum atomic E-state index is 13.7. The summed E-state index contributed by atoms with van der Waals surface area (Å²) in [7, 11) is 1.34. The molecule has 12 heteroatoms. The van der Waals surface area contributed by atoms with E-state index in [1.54, 1.807) is 10.6 Å². The van der Waals surface area contributed by atoms with Gasteiger partial charge < -0.3 is 34.1 Å². The number of aromatic nitrogens is 3. The smallest absolute Gasteiger partial charge is 0.339 e. The minimum atomic E-state index is -1.06. The molecule has 1 unspecified atom stereocenters. The van der Waals surface area contributed by atoms with Crippen LogP contribution in [0.3, 0.4) is 0 Å². The van der Waals surface area contributed by atoms with Crippen LogP contribution in [0.15, 0.2) is 48.5 Å². The normalized spacial score (nSPS) is 15.5. The molecule has 1 atom stereocenters. The van der Waals surface area contributed by atoms with Crippen LogP contribution >= 0.6 is 0 Å². The summed E-state index contributed by atoms with van der Waals surface area (Å²) in [5.41, 5.74) is 3.31. The maximum absolute atomic E-state index is 13.7. The number of phenols is 1. The van der Waals surface area contributed by atoms with Crippen LogP contribution in [0.2, 0.25) is 0 Å². The van der Waals surface area contributed by atoms with Crippen LogP contribution in [0.4, 0.5) is 10.2 Å². The van der Waals surface area contributed by atoms with Crippen molar-refractivity contribution in [2.24, 2.45) is 0 Å². The molecule has 1 fully saturated rings. The lowest BCUT2D eigenvalue weighted by atomic mass is 9.92. The van der Waals surface area contributed by atoms with Crippen molar-refractivity contribution in [1.82, 2.24) is 14.6 Å². The van der Waals surface area contributed by atoms with Crippen molar-refractivity contribution in [2.75, 3.05) is 51.5 Å². The molecule has 1 aliphatic heterocycles. The van der Waals surface area contributed by atoms with E-state index in [4.69, 9.17) is 34.1 Å². The number of esters is 1. The molecule has 2 aromatic heterocycles. The van der Waals surface area contributed by atoms with Gasteiger partial charge in [-0.1, -0.05) is 18.2 Å². The lowest BCUT2D eigenvalue weighted by Crippen LogP contribution is -2.46. The van der Waals surface area contributed by atoms with E-state index in [9.17, 15) is 14.3 Å². The quantitative estimate of drug-likeness (QED) is 0.145. The number of aromatic hydroxyl groups is 1. The first-order valence-corrected chi connectivity index (χ1v) is 16.2. The Morgan fingerprint density at radius 2 is 1.79 bits per heavy atom. The number of methoxy groups -OCH3 is 1. The van der Waals surface area contributed by atoms with E-state index in [-0.39, 0.29) is 24.6 Å². The number of hydrogen-bond donors (Lipinski definition) is 2. The number of phenolic OH excluding ortho intramolecular Hbond substituents is 1. The van der Waals surface area contributed by atoms with Gasteiger partial charge in [-0.3, -0.25) is 0 Å². The number of nitrogens with zero attached hydrogens (tertiary/aromatic N) is 4. The number of carbonyl (C=O) groups is 1. The third kappa shape index (κ3) is 7.95. The molecular formula is C36H45FN4O7. The Hall–Kier alpha value is -4.10. The molecule has 0 bridgehead atoms. The van der Waals surface area contributed by atoms with E-state index in [1.165, 1.54) is 13.2 Å². The highest BCUT2D eigenvalue weighted by molar-refractivity contribution is 5.81.